The van der Waals surface area contributed by atoms with Crippen molar-refractivity contribution in [1.82, 2.24) is 5.32 Å². The minimum atomic E-state index is -0.254. The Labute approximate surface area is 144 Å². The van der Waals surface area contributed by atoms with E-state index in [1.54, 1.807) is 6.07 Å². The van der Waals surface area contributed by atoms with Crippen LogP contribution in [0.25, 0.3) is 0 Å². The normalized spacial score (nSPS) is 18.8. The molecule has 4 nitrogen and oxygen atoms in total. The van der Waals surface area contributed by atoms with Crippen LogP contribution in [-0.4, -0.2) is 18.4 Å². The molecule has 0 aliphatic heterocycles. The summed E-state index contributed by atoms with van der Waals surface area (Å²) in [4.78, 5) is 23.4. The van der Waals surface area contributed by atoms with Gasteiger partial charge in [-0.15, -0.1) is 0 Å². The van der Waals surface area contributed by atoms with Crippen LogP contribution in [0.1, 0.15) is 45.1 Å². The molecule has 1 aromatic rings. The van der Waals surface area contributed by atoms with Gasteiger partial charge in [-0.1, -0.05) is 39.0 Å². The Kier molecular flexibility index (Phi) is 6.18. The predicted molar refractivity (Wildman–Crippen MR) is 97.7 cm³/mol. The number of amides is 2. The number of nitrogens with one attached hydrogen (secondary N) is 2. The van der Waals surface area contributed by atoms with Gasteiger partial charge in [0, 0.05) is 12.2 Å². The first-order valence-corrected chi connectivity index (χ1v) is 8.70. The lowest BCUT2D eigenvalue weighted by Gasteiger charge is -2.26. The van der Waals surface area contributed by atoms with E-state index in [4.69, 9.17) is 0 Å². The Balaban J connectivity index is 1.79. The summed E-state index contributed by atoms with van der Waals surface area (Å²) in [6, 6.07) is 7.34. The molecule has 0 aromatic heterocycles. The number of carbonyl (C=O) groups excluding carboxylic acids is 2. The van der Waals surface area contributed by atoms with Crippen molar-refractivity contribution < 1.29 is 9.59 Å². The third kappa shape index (κ3) is 5.22. The van der Waals surface area contributed by atoms with Crippen molar-refractivity contribution in [2.75, 3.05) is 11.9 Å². The molecule has 2 N–H and O–H groups in total. The maximum absolute atomic E-state index is 12.1. The van der Waals surface area contributed by atoms with E-state index in [0.717, 1.165) is 18.5 Å². The van der Waals surface area contributed by atoms with E-state index in [-0.39, 0.29) is 11.8 Å². The summed E-state index contributed by atoms with van der Waals surface area (Å²) < 4.78 is 0. The summed E-state index contributed by atoms with van der Waals surface area (Å²) in [7, 11) is 0. The molecule has 1 atom stereocenters. The topological polar surface area (TPSA) is 58.2 Å². The Morgan fingerprint density at radius 1 is 1.38 bits per heavy atom. The molecule has 0 bridgehead atoms. The van der Waals surface area contributed by atoms with Crippen LogP contribution >= 0.6 is 0 Å². The zero-order chi connectivity index (χ0) is 17.6. The van der Waals surface area contributed by atoms with Crippen LogP contribution in [-0.2, 0) is 16.0 Å². The average Bonchev–Trinajstić information content (AvgIpc) is 2.86. The Hall–Kier alpha value is -2.10. The third-order valence-corrected chi connectivity index (χ3v) is 5.04. The van der Waals surface area contributed by atoms with Gasteiger partial charge >= 0.3 is 0 Å². The van der Waals surface area contributed by atoms with Crippen LogP contribution < -0.4 is 10.6 Å². The minimum absolute atomic E-state index is 0.0259. The van der Waals surface area contributed by atoms with Crippen molar-refractivity contribution in [3.05, 3.63) is 42.5 Å². The zero-order valence-electron chi connectivity index (χ0n) is 14.7. The summed E-state index contributed by atoms with van der Waals surface area (Å²) in [6.45, 7) is 8.82. The van der Waals surface area contributed by atoms with Gasteiger partial charge in [0.05, 0.1) is 6.42 Å². The third-order valence-electron chi connectivity index (χ3n) is 5.04. The van der Waals surface area contributed by atoms with E-state index in [0.29, 0.717) is 23.4 Å². The molecule has 0 spiro atoms. The largest absolute Gasteiger partial charge is 0.356 e. The Morgan fingerprint density at radius 3 is 2.83 bits per heavy atom. The fourth-order valence-electron chi connectivity index (χ4n) is 3.52. The van der Waals surface area contributed by atoms with Gasteiger partial charge in [0.2, 0.25) is 11.8 Å². The van der Waals surface area contributed by atoms with Crippen LogP contribution in [0.3, 0.4) is 0 Å². The van der Waals surface area contributed by atoms with Crippen molar-refractivity contribution in [2.45, 2.75) is 46.0 Å². The lowest BCUT2D eigenvalue weighted by atomic mass is 9.80. The first-order valence-electron chi connectivity index (χ1n) is 8.70. The fourth-order valence-corrected chi connectivity index (χ4v) is 3.52. The van der Waals surface area contributed by atoms with Crippen molar-refractivity contribution in [1.29, 1.82) is 0 Å². The van der Waals surface area contributed by atoms with Crippen LogP contribution in [0.4, 0.5) is 5.69 Å². The maximum atomic E-state index is 12.1. The van der Waals surface area contributed by atoms with Crippen LogP contribution in [0, 0.1) is 11.3 Å². The molecular weight excluding hydrogens is 300 g/mol. The van der Waals surface area contributed by atoms with E-state index in [2.05, 4.69) is 31.1 Å². The number of rotatable bonds is 7. The second-order valence-corrected chi connectivity index (χ2v) is 7.29. The van der Waals surface area contributed by atoms with Gasteiger partial charge in [0.25, 0.3) is 0 Å². The molecule has 1 aliphatic rings. The summed E-state index contributed by atoms with van der Waals surface area (Å²) >= 11 is 0. The van der Waals surface area contributed by atoms with Crippen molar-refractivity contribution >= 4 is 17.5 Å². The van der Waals surface area contributed by atoms with E-state index < -0.39 is 0 Å². The van der Waals surface area contributed by atoms with Gasteiger partial charge < -0.3 is 10.6 Å². The fraction of sp³-hybridized carbons (Fsp3) is 0.500. The monoisotopic (exact) mass is 328 g/mol. The van der Waals surface area contributed by atoms with Crippen molar-refractivity contribution in [3.63, 3.8) is 0 Å². The summed E-state index contributed by atoms with van der Waals surface area (Å²) in [5.74, 6) is 0.476. The van der Waals surface area contributed by atoms with Gasteiger partial charge in [0.1, 0.15) is 0 Å². The standard InChI is InChI=1S/C20H28N2O2/c1-4-18(23)22-17-9-5-7-15(13-17)14-19(24)21-12-10-16-8-6-11-20(16,2)3/h4-5,7,9,13,16H,1,6,8,10-12,14H2,2-3H3,(H,21,24)(H,22,23). The van der Waals surface area contributed by atoms with E-state index in [9.17, 15) is 9.59 Å². The van der Waals surface area contributed by atoms with Crippen molar-refractivity contribution in [3.8, 4) is 0 Å². The van der Waals surface area contributed by atoms with Crippen LogP contribution in [0.15, 0.2) is 36.9 Å². The summed E-state index contributed by atoms with van der Waals surface area (Å²) in [5.41, 5.74) is 1.97. The highest BCUT2D eigenvalue weighted by Gasteiger charge is 2.33. The molecule has 1 aromatic carbocycles. The highest BCUT2D eigenvalue weighted by atomic mass is 16.2. The Bertz CT molecular complexity index is 607. The number of carbonyl (C=O) groups is 2. The minimum Gasteiger partial charge on any atom is -0.356 e. The molecule has 0 radical (unpaired) electrons. The number of benzene rings is 1. The van der Waals surface area contributed by atoms with Crippen molar-refractivity contribution in [2.24, 2.45) is 11.3 Å². The number of hydrogen-bond acceptors (Lipinski definition) is 2. The SMILES string of the molecule is C=CC(=O)Nc1cccc(CC(=O)NCCC2CCCC2(C)C)c1. The van der Waals surface area contributed by atoms with Gasteiger partial charge in [-0.25, -0.2) is 0 Å². The van der Waals surface area contributed by atoms with Gasteiger partial charge in [-0.3, -0.25) is 9.59 Å². The molecule has 0 heterocycles. The van der Waals surface area contributed by atoms with Crippen LogP contribution in [0.5, 0.6) is 0 Å². The summed E-state index contributed by atoms with van der Waals surface area (Å²) in [6.07, 6.45) is 6.46. The molecule has 4 heteroatoms. The first-order chi connectivity index (χ1) is 11.4. The highest BCUT2D eigenvalue weighted by molar-refractivity contribution is 5.98. The smallest absolute Gasteiger partial charge is 0.247 e. The molecular formula is C20H28N2O2. The van der Waals surface area contributed by atoms with E-state index in [1.807, 2.05) is 18.2 Å². The van der Waals surface area contributed by atoms with Gasteiger partial charge in [-0.05, 0) is 54.4 Å². The van der Waals surface area contributed by atoms with Gasteiger partial charge in [0.15, 0.2) is 0 Å². The zero-order valence-corrected chi connectivity index (χ0v) is 14.7. The summed E-state index contributed by atoms with van der Waals surface area (Å²) in [5, 5.41) is 5.73. The molecule has 0 saturated heterocycles. The average molecular weight is 328 g/mol. The van der Waals surface area contributed by atoms with E-state index >= 15 is 0 Å². The molecule has 1 unspecified atom stereocenters. The molecule has 2 rings (SSSR count). The predicted octanol–water partition coefficient (Wildman–Crippen LogP) is 3.69. The lowest BCUT2D eigenvalue weighted by Crippen LogP contribution is -2.29. The lowest BCUT2D eigenvalue weighted by molar-refractivity contribution is -0.120. The van der Waals surface area contributed by atoms with Gasteiger partial charge in [-0.2, -0.15) is 0 Å². The number of hydrogen-bond donors (Lipinski definition) is 2. The molecule has 1 saturated carbocycles. The second kappa shape index (κ2) is 8.13. The molecule has 130 valence electrons. The molecule has 1 aliphatic carbocycles. The second-order valence-electron chi connectivity index (χ2n) is 7.29. The van der Waals surface area contributed by atoms with E-state index in [1.165, 1.54) is 25.3 Å². The number of anilines is 1. The maximum Gasteiger partial charge on any atom is 0.247 e. The van der Waals surface area contributed by atoms with Crippen LogP contribution in [0.2, 0.25) is 0 Å². The molecule has 1 fully saturated rings. The quantitative estimate of drug-likeness (QED) is 0.750. The Morgan fingerprint density at radius 2 is 2.17 bits per heavy atom. The highest BCUT2D eigenvalue weighted by Crippen LogP contribution is 2.44. The molecule has 24 heavy (non-hydrogen) atoms. The first kappa shape index (κ1) is 18.2. The molecule has 2 amide bonds.